The van der Waals surface area contributed by atoms with Gasteiger partial charge in [-0.25, -0.2) is 0 Å². The normalized spacial score (nSPS) is 27.9. The molecule has 1 aliphatic rings. The highest BCUT2D eigenvalue weighted by molar-refractivity contribution is 5.81. The van der Waals surface area contributed by atoms with Crippen LogP contribution in [-0.4, -0.2) is 41.0 Å². The number of nitrogens with two attached hydrogens (primary N) is 1. The van der Waals surface area contributed by atoms with Gasteiger partial charge < -0.3 is 10.8 Å². The predicted octanol–water partition coefficient (Wildman–Crippen LogP) is 0.437. The summed E-state index contributed by atoms with van der Waals surface area (Å²) in [6.45, 7) is 4.86. The molecule has 92 valence electrons. The maximum Gasteiger partial charge on any atom is 0.320 e. The monoisotopic (exact) mass is 228 g/mol. The molecule has 0 aromatic rings. The molecule has 1 rings (SSSR count). The summed E-state index contributed by atoms with van der Waals surface area (Å²) in [4.78, 5) is 24.2. The van der Waals surface area contributed by atoms with E-state index in [9.17, 15) is 9.59 Å². The molecule has 0 radical (unpaired) electrons. The summed E-state index contributed by atoms with van der Waals surface area (Å²) in [5.74, 6) is -1.15. The van der Waals surface area contributed by atoms with Crippen LogP contribution in [0.3, 0.4) is 0 Å². The van der Waals surface area contributed by atoms with Gasteiger partial charge in [0.1, 0.15) is 6.04 Å². The number of carbonyl (C=O) groups is 2. The molecule has 0 aliphatic carbocycles. The third-order valence-electron chi connectivity index (χ3n) is 3.39. The van der Waals surface area contributed by atoms with Crippen molar-refractivity contribution in [3.8, 4) is 0 Å². The molecule has 0 spiro atoms. The zero-order chi connectivity index (χ0) is 12.3. The number of rotatable bonds is 5. The molecule has 5 heteroatoms. The lowest BCUT2D eigenvalue weighted by molar-refractivity contribution is -0.143. The number of carboxylic acid groups (broad SMARTS) is 1. The number of nitrogens with zero attached hydrogens (tertiary/aromatic N) is 1. The van der Waals surface area contributed by atoms with Gasteiger partial charge in [-0.1, -0.05) is 13.3 Å². The molecule has 1 heterocycles. The Hall–Kier alpha value is -1.10. The van der Waals surface area contributed by atoms with Crippen LogP contribution in [0.1, 0.15) is 33.1 Å². The fraction of sp³-hybridized carbons (Fsp3) is 0.818. The average Bonchev–Trinajstić information content (AvgIpc) is 2.58. The average molecular weight is 228 g/mol. The maximum absolute atomic E-state index is 11.3. The molecule has 3 N–H and O–H groups in total. The van der Waals surface area contributed by atoms with Crippen molar-refractivity contribution < 1.29 is 14.7 Å². The van der Waals surface area contributed by atoms with Gasteiger partial charge in [-0.3, -0.25) is 14.5 Å². The third-order valence-corrected chi connectivity index (χ3v) is 3.39. The number of carbonyl (C=O) groups excluding carboxylic acids is 1. The zero-order valence-electron chi connectivity index (χ0n) is 9.90. The van der Waals surface area contributed by atoms with Crippen molar-refractivity contribution in [2.24, 2.45) is 11.1 Å². The topological polar surface area (TPSA) is 83.6 Å². The van der Waals surface area contributed by atoms with Gasteiger partial charge in [-0.15, -0.1) is 0 Å². The largest absolute Gasteiger partial charge is 0.480 e. The van der Waals surface area contributed by atoms with E-state index in [4.69, 9.17) is 10.8 Å². The van der Waals surface area contributed by atoms with Gasteiger partial charge >= 0.3 is 5.97 Å². The van der Waals surface area contributed by atoms with Crippen molar-refractivity contribution >= 4 is 11.9 Å². The highest BCUT2D eigenvalue weighted by Gasteiger charge is 2.42. The molecular formula is C11H20N2O3. The summed E-state index contributed by atoms with van der Waals surface area (Å²) < 4.78 is 0. The van der Waals surface area contributed by atoms with Crippen LogP contribution in [0.5, 0.6) is 0 Å². The third kappa shape index (κ3) is 2.52. The molecule has 1 aliphatic heterocycles. The fourth-order valence-corrected chi connectivity index (χ4v) is 2.20. The number of carboxylic acids is 1. The molecule has 1 fully saturated rings. The second-order valence-electron chi connectivity index (χ2n) is 4.79. The van der Waals surface area contributed by atoms with E-state index in [0.29, 0.717) is 25.9 Å². The van der Waals surface area contributed by atoms with Crippen molar-refractivity contribution in [1.29, 1.82) is 0 Å². The highest BCUT2D eigenvalue weighted by Crippen LogP contribution is 2.31. The predicted molar refractivity (Wildman–Crippen MR) is 59.8 cm³/mol. The van der Waals surface area contributed by atoms with Gasteiger partial charge in [-0.2, -0.15) is 0 Å². The van der Waals surface area contributed by atoms with Crippen molar-refractivity contribution in [3.05, 3.63) is 0 Å². The summed E-state index contributed by atoms with van der Waals surface area (Å²) in [6.07, 6.45) is 2.08. The van der Waals surface area contributed by atoms with Gasteiger partial charge in [0.15, 0.2) is 0 Å². The lowest BCUT2D eigenvalue weighted by Crippen LogP contribution is -2.43. The Kier molecular flexibility index (Phi) is 3.91. The minimum absolute atomic E-state index is 0.337. The molecule has 0 aromatic carbocycles. The Morgan fingerprint density at radius 2 is 2.19 bits per heavy atom. The molecule has 2 atom stereocenters. The second-order valence-corrected chi connectivity index (χ2v) is 4.79. The summed E-state index contributed by atoms with van der Waals surface area (Å²) in [5.41, 5.74) is 4.76. The smallest absolute Gasteiger partial charge is 0.320 e. The summed E-state index contributed by atoms with van der Waals surface area (Å²) >= 11 is 0. The number of amides is 1. The molecule has 0 aromatic heterocycles. The van der Waals surface area contributed by atoms with E-state index in [1.54, 1.807) is 6.92 Å². The van der Waals surface area contributed by atoms with Crippen LogP contribution >= 0.6 is 0 Å². The standard InChI is InChI=1S/C11H20N2O3/c1-3-4-8(9(14)15)13-6-5-11(2,7-13)10(12)16/h8H,3-7H2,1-2H3,(H2,12,16)(H,14,15). The van der Waals surface area contributed by atoms with E-state index in [0.717, 1.165) is 6.42 Å². The van der Waals surface area contributed by atoms with Crippen LogP contribution in [0.15, 0.2) is 0 Å². The zero-order valence-corrected chi connectivity index (χ0v) is 9.90. The molecular weight excluding hydrogens is 208 g/mol. The van der Waals surface area contributed by atoms with Gasteiger partial charge in [-0.05, 0) is 19.8 Å². The first-order chi connectivity index (χ1) is 7.40. The number of primary amides is 1. The number of likely N-dealkylation sites (tertiary alicyclic amines) is 1. The van der Waals surface area contributed by atoms with Crippen molar-refractivity contribution in [2.75, 3.05) is 13.1 Å². The Balaban J connectivity index is 2.70. The fourth-order valence-electron chi connectivity index (χ4n) is 2.20. The van der Waals surface area contributed by atoms with E-state index < -0.39 is 17.4 Å². The van der Waals surface area contributed by atoms with E-state index >= 15 is 0 Å². The van der Waals surface area contributed by atoms with E-state index in [1.165, 1.54) is 0 Å². The molecule has 16 heavy (non-hydrogen) atoms. The van der Waals surface area contributed by atoms with Crippen molar-refractivity contribution in [1.82, 2.24) is 4.90 Å². The second kappa shape index (κ2) is 4.82. The van der Waals surface area contributed by atoms with Crippen LogP contribution in [0, 0.1) is 5.41 Å². The van der Waals surface area contributed by atoms with E-state index in [-0.39, 0.29) is 5.91 Å². The first kappa shape index (κ1) is 13.0. The van der Waals surface area contributed by atoms with Crippen LogP contribution in [-0.2, 0) is 9.59 Å². The number of hydrogen-bond acceptors (Lipinski definition) is 3. The van der Waals surface area contributed by atoms with E-state index in [1.807, 2.05) is 11.8 Å². The Morgan fingerprint density at radius 1 is 1.56 bits per heavy atom. The highest BCUT2D eigenvalue weighted by atomic mass is 16.4. The van der Waals surface area contributed by atoms with Crippen molar-refractivity contribution in [3.63, 3.8) is 0 Å². The maximum atomic E-state index is 11.3. The lowest BCUT2D eigenvalue weighted by Gasteiger charge is -2.25. The van der Waals surface area contributed by atoms with Gasteiger partial charge in [0.25, 0.3) is 0 Å². The molecule has 5 nitrogen and oxygen atoms in total. The SMILES string of the molecule is CCCC(C(=O)O)N1CCC(C)(C(N)=O)C1. The minimum atomic E-state index is -0.810. The Morgan fingerprint density at radius 3 is 2.56 bits per heavy atom. The molecule has 2 unspecified atom stereocenters. The van der Waals surface area contributed by atoms with Gasteiger partial charge in [0.2, 0.25) is 5.91 Å². The Bertz CT molecular complexity index is 293. The quantitative estimate of drug-likeness (QED) is 0.715. The molecule has 1 amide bonds. The minimum Gasteiger partial charge on any atom is -0.480 e. The number of hydrogen-bond donors (Lipinski definition) is 2. The lowest BCUT2D eigenvalue weighted by atomic mass is 9.89. The van der Waals surface area contributed by atoms with Gasteiger partial charge in [0.05, 0.1) is 5.41 Å². The van der Waals surface area contributed by atoms with Crippen molar-refractivity contribution in [2.45, 2.75) is 39.2 Å². The summed E-state index contributed by atoms with van der Waals surface area (Å²) in [5, 5.41) is 9.12. The van der Waals surface area contributed by atoms with Crippen LogP contribution in [0.4, 0.5) is 0 Å². The van der Waals surface area contributed by atoms with Crippen LogP contribution < -0.4 is 5.73 Å². The van der Waals surface area contributed by atoms with E-state index in [2.05, 4.69) is 0 Å². The Labute approximate surface area is 95.6 Å². The number of aliphatic carboxylic acids is 1. The molecule has 0 bridgehead atoms. The first-order valence-corrected chi connectivity index (χ1v) is 5.67. The first-order valence-electron chi connectivity index (χ1n) is 5.67. The van der Waals surface area contributed by atoms with Crippen LogP contribution in [0.2, 0.25) is 0 Å². The molecule has 1 saturated heterocycles. The summed E-state index contributed by atoms with van der Waals surface area (Å²) in [6, 6.07) is -0.480. The van der Waals surface area contributed by atoms with Gasteiger partial charge in [0, 0.05) is 13.1 Å². The van der Waals surface area contributed by atoms with Crippen LogP contribution in [0.25, 0.3) is 0 Å². The summed E-state index contributed by atoms with van der Waals surface area (Å²) in [7, 11) is 0. The molecule has 0 saturated carbocycles.